The number of aromatic nitrogens is 4. The van der Waals surface area contributed by atoms with E-state index in [2.05, 4.69) is 46.4 Å². The molecule has 0 bridgehead atoms. The maximum atomic E-state index is 5.46. The molecule has 0 saturated carbocycles. The maximum absolute atomic E-state index is 5.46. The highest BCUT2D eigenvalue weighted by Gasteiger charge is 2.36. The van der Waals surface area contributed by atoms with Gasteiger partial charge in [-0.3, -0.25) is 4.90 Å². The quantitative estimate of drug-likeness (QED) is 0.782. The number of nitrogens with one attached hydrogen (secondary N) is 1. The van der Waals surface area contributed by atoms with Gasteiger partial charge in [-0.25, -0.2) is 0 Å². The molecule has 0 spiro atoms. The average Bonchev–Trinajstić information content (AvgIpc) is 2.85. The van der Waals surface area contributed by atoms with Crippen molar-refractivity contribution in [3.05, 3.63) is 5.82 Å². The number of ether oxygens (including phenoxy) is 1. The van der Waals surface area contributed by atoms with Crippen molar-refractivity contribution in [2.24, 2.45) is 7.05 Å². The van der Waals surface area contributed by atoms with Gasteiger partial charge in [0.2, 0.25) is 0 Å². The molecule has 2 rings (SSSR count). The van der Waals surface area contributed by atoms with Crippen LogP contribution in [-0.2, 0) is 18.2 Å². The molecular weight excluding hydrogens is 256 g/mol. The number of rotatable bonds is 6. The summed E-state index contributed by atoms with van der Waals surface area (Å²) in [4.78, 5) is 4.00. The summed E-state index contributed by atoms with van der Waals surface area (Å²) in [6.45, 7) is 11.2. The van der Waals surface area contributed by atoms with Gasteiger partial charge in [0.1, 0.15) is 0 Å². The Morgan fingerprint density at radius 3 is 2.60 bits per heavy atom. The van der Waals surface area contributed by atoms with Gasteiger partial charge in [-0.05, 0) is 25.6 Å². The second kappa shape index (κ2) is 6.60. The molecule has 1 aliphatic rings. The third kappa shape index (κ3) is 3.53. The van der Waals surface area contributed by atoms with Crippen LogP contribution in [0.15, 0.2) is 0 Å². The summed E-state index contributed by atoms with van der Waals surface area (Å²) in [6.07, 6.45) is 0.784. The van der Waals surface area contributed by atoms with Crippen molar-refractivity contribution < 1.29 is 4.74 Å². The number of nitrogens with zero attached hydrogens (tertiary/aromatic N) is 5. The molecule has 1 saturated heterocycles. The lowest BCUT2D eigenvalue weighted by Crippen LogP contribution is -2.61. The number of morpholine rings is 1. The monoisotopic (exact) mass is 282 g/mol. The zero-order chi connectivity index (χ0) is 14.6. The Kier molecular flexibility index (Phi) is 5.06. The third-order valence-corrected chi connectivity index (χ3v) is 4.07. The van der Waals surface area contributed by atoms with E-state index in [0.717, 1.165) is 45.1 Å². The van der Waals surface area contributed by atoms with Crippen molar-refractivity contribution in [3.63, 3.8) is 0 Å². The molecule has 1 aliphatic heterocycles. The minimum Gasteiger partial charge on any atom is -0.379 e. The molecule has 1 fully saturated rings. The van der Waals surface area contributed by atoms with E-state index in [1.165, 1.54) is 4.80 Å². The molecule has 1 aromatic heterocycles. The Hall–Kier alpha value is -1.05. The van der Waals surface area contributed by atoms with Crippen molar-refractivity contribution in [3.8, 4) is 0 Å². The zero-order valence-corrected chi connectivity index (χ0v) is 13.0. The fraction of sp³-hybridized carbons (Fsp3) is 0.923. The van der Waals surface area contributed by atoms with Gasteiger partial charge in [0, 0.05) is 31.1 Å². The highest BCUT2D eigenvalue weighted by atomic mass is 16.5. The van der Waals surface area contributed by atoms with E-state index in [-0.39, 0.29) is 11.6 Å². The SMILES string of the molecule is CCNC(Cc1nnn(C)n1)C(C)(C)N1CCOCC1. The van der Waals surface area contributed by atoms with Crippen LogP contribution in [0.2, 0.25) is 0 Å². The maximum Gasteiger partial charge on any atom is 0.176 e. The van der Waals surface area contributed by atoms with E-state index < -0.39 is 0 Å². The normalized spacial score (nSPS) is 19.2. The zero-order valence-electron chi connectivity index (χ0n) is 13.0. The Labute approximate surface area is 120 Å². The summed E-state index contributed by atoms with van der Waals surface area (Å²) in [5.41, 5.74) is 0.0268. The molecule has 0 radical (unpaired) electrons. The van der Waals surface area contributed by atoms with Gasteiger partial charge in [-0.15, -0.1) is 10.2 Å². The van der Waals surface area contributed by atoms with Crippen molar-refractivity contribution >= 4 is 0 Å². The van der Waals surface area contributed by atoms with Crippen molar-refractivity contribution in [2.75, 3.05) is 32.8 Å². The molecule has 7 nitrogen and oxygen atoms in total. The Balaban J connectivity index is 2.08. The van der Waals surface area contributed by atoms with Crippen molar-refractivity contribution in [1.82, 2.24) is 30.4 Å². The van der Waals surface area contributed by atoms with Crippen LogP contribution >= 0.6 is 0 Å². The summed E-state index contributed by atoms with van der Waals surface area (Å²) in [5, 5.41) is 15.9. The molecule has 114 valence electrons. The lowest BCUT2D eigenvalue weighted by Gasteiger charge is -2.45. The van der Waals surface area contributed by atoms with E-state index in [9.17, 15) is 0 Å². The van der Waals surface area contributed by atoms with Crippen LogP contribution in [0.5, 0.6) is 0 Å². The minimum absolute atomic E-state index is 0.0268. The van der Waals surface area contributed by atoms with Gasteiger partial charge in [0.05, 0.1) is 20.3 Å². The molecule has 0 aliphatic carbocycles. The van der Waals surface area contributed by atoms with Gasteiger partial charge < -0.3 is 10.1 Å². The largest absolute Gasteiger partial charge is 0.379 e. The lowest BCUT2D eigenvalue weighted by molar-refractivity contribution is -0.0233. The first-order valence-electron chi connectivity index (χ1n) is 7.33. The van der Waals surface area contributed by atoms with Gasteiger partial charge in [-0.1, -0.05) is 6.92 Å². The molecule has 1 unspecified atom stereocenters. The highest BCUT2D eigenvalue weighted by Crippen LogP contribution is 2.22. The van der Waals surface area contributed by atoms with E-state index in [4.69, 9.17) is 4.74 Å². The van der Waals surface area contributed by atoms with Crippen molar-refractivity contribution in [1.29, 1.82) is 0 Å². The number of hydrogen-bond acceptors (Lipinski definition) is 6. The lowest BCUT2D eigenvalue weighted by atomic mass is 9.89. The first-order chi connectivity index (χ1) is 9.54. The van der Waals surface area contributed by atoms with Gasteiger partial charge >= 0.3 is 0 Å². The van der Waals surface area contributed by atoms with E-state index in [1.807, 2.05) is 0 Å². The topological polar surface area (TPSA) is 68.1 Å². The first kappa shape index (κ1) is 15.3. The number of aryl methyl sites for hydroxylation is 1. The molecule has 0 amide bonds. The predicted octanol–water partition coefficient (Wildman–Crippen LogP) is -0.158. The molecule has 1 aromatic rings. The summed E-state index contributed by atoms with van der Waals surface area (Å²) < 4.78 is 5.46. The van der Waals surface area contributed by atoms with Crippen LogP contribution in [-0.4, -0.2) is 69.5 Å². The number of hydrogen-bond donors (Lipinski definition) is 1. The van der Waals surface area contributed by atoms with E-state index in [0.29, 0.717) is 0 Å². The van der Waals surface area contributed by atoms with E-state index >= 15 is 0 Å². The highest BCUT2D eigenvalue weighted by molar-refractivity contribution is 4.99. The molecule has 7 heteroatoms. The van der Waals surface area contributed by atoms with Crippen LogP contribution in [0, 0.1) is 0 Å². The second-order valence-electron chi connectivity index (χ2n) is 5.76. The van der Waals surface area contributed by atoms with Gasteiger partial charge in [0.15, 0.2) is 5.82 Å². The fourth-order valence-corrected chi connectivity index (χ4v) is 2.77. The Morgan fingerprint density at radius 1 is 1.35 bits per heavy atom. The Morgan fingerprint density at radius 2 is 2.05 bits per heavy atom. The summed E-state index contributed by atoms with van der Waals surface area (Å²) >= 11 is 0. The van der Waals surface area contributed by atoms with Gasteiger partial charge in [0.25, 0.3) is 0 Å². The summed E-state index contributed by atoms with van der Waals surface area (Å²) in [7, 11) is 1.80. The first-order valence-corrected chi connectivity index (χ1v) is 7.33. The standard InChI is InChI=1S/C13H26N6O/c1-5-14-11(10-12-15-17-18(4)16-12)13(2,3)19-6-8-20-9-7-19/h11,14H,5-10H2,1-4H3. The van der Waals surface area contributed by atoms with Crippen molar-refractivity contribution in [2.45, 2.75) is 38.8 Å². The predicted molar refractivity (Wildman–Crippen MR) is 76.4 cm³/mol. The van der Waals surface area contributed by atoms with Crippen LogP contribution in [0.25, 0.3) is 0 Å². The molecule has 1 atom stereocenters. The average molecular weight is 282 g/mol. The molecular formula is C13H26N6O. The molecule has 2 heterocycles. The fourth-order valence-electron chi connectivity index (χ4n) is 2.77. The summed E-state index contributed by atoms with van der Waals surface area (Å²) in [5.74, 6) is 0.791. The smallest absolute Gasteiger partial charge is 0.176 e. The van der Waals surface area contributed by atoms with E-state index in [1.54, 1.807) is 7.05 Å². The minimum atomic E-state index is 0.0268. The number of tetrazole rings is 1. The number of likely N-dealkylation sites (N-methyl/N-ethyl adjacent to an activating group) is 1. The van der Waals surface area contributed by atoms with Crippen LogP contribution in [0.4, 0.5) is 0 Å². The molecule has 20 heavy (non-hydrogen) atoms. The van der Waals surface area contributed by atoms with Crippen LogP contribution < -0.4 is 5.32 Å². The van der Waals surface area contributed by atoms with Crippen LogP contribution in [0.3, 0.4) is 0 Å². The molecule has 0 aromatic carbocycles. The Bertz CT molecular complexity index is 413. The molecule has 1 N–H and O–H groups in total. The third-order valence-electron chi connectivity index (χ3n) is 4.07. The van der Waals surface area contributed by atoms with Gasteiger partial charge in [-0.2, -0.15) is 4.80 Å². The second-order valence-corrected chi connectivity index (χ2v) is 5.76. The van der Waals surface area contributed by atoms with Crippen LogP contribution in [0.1, 0.15) is 26.6 Å². The summed E-state index contributed by atoms with van der Waals surface area (Å²) in [6, 6.07) is 0.287.